The van der Waals surface area contributed by atoms with Crippen molar-refractivity contribution in [2.45, 2.75) is 0 Å². The molecule has 1 aliphatic rings. The quantitative estimate of drug-likeness (QED) is 0.584. The Bertz CT molecular complexity index is 1050. The predicted octanol–water partition coefficient (Wildman–Crippen LogP) is 3.37. The number of benzene rings is 2. The highest BCUT2D eigenvalue weighted by molar-refractivity contribution is 6.30. The van der Waals surface area contributed by atoms with Gasteiger partial charge in [-0.2, -0.15) is 0 Å². The second-order valence-electron chi connectivity index (χ2n) is 7.24. The third-order valence-corrected chi connectivity index (χ3v) is 5.49. The maximum atomic E-state index is 11.8. The van der Waals surface area contributed by atoms with Crippen molar-refractivity contribution in [3.63, 3.8) is 0 Å². The van der Waals surface area contributed by atoms with Crippen LogP contribution in [0.3, 0.4) is 0 Å². The van der Waals surface area contributed by atoms with Gasteiger partial charge in [0, 0.05) is 48.8 Å². The van der Waals surface area contributed by atoms with Crippen molar-refractivity contribution in [1.82, 2.24) is 9.88 Å². The SMILES string of the molecule is Nc1ccc2nc(N3CCN(CCOc4ccc(Cl)cc4)CC3)cc(C(=O)O)c2c1. The summed E-state index contributed by atoms with van der Waals surface area (Å²) in [5, 5.41) is 10.9. The Morgan fingerprint density at radius 3 is 2.53 bits per heavy atom. The van der Waals surface area contributed by atoms with Gasteiger partial charge in [-0.05, 0) is 48.5 Å². The second-order valence-corrected chi connectivity index (χ2v) is 7.68. The Hall–Kier alpha value is -3.03. The van der Waals surface area contributed by atoms with Crippen molar-refractivity contribution >= 4 is 40.0 Å². The molecule has 0 aliphatic carbocycles. The summed E-state index contributed by atoms with van der Waals surface area (Å²) in [5.41, 5.74) is 7.20. The van der Waals surface area contributed by atoms with Crippen LogP contribution in [-0.4, -0.2) is 60.3 Å². The van der Waals surface area contributed by atoms with Gasteiger partial charge in [0.2, 0.25) is 0 Å². The number of aromatic nitrogens is 1. The van der Waals surface area contributed by atoms with Gasteiger partial charge in [0.05, 0.1) is 11.1 Å². The van der Waals surface area contributed by atoms with E-state index in [4.69, 9.17) is 22.1 Å². The monoisotopic (exact) mass is 426 g/mol. The van der Waals surface area contributed by atoms with Gasteiger partial charge in [-0.3, -0.25) is 4.90 Å². The molecule has 0 spiro atoms. The average molecular weight is 427 g/mol. The molecule has 0 amide bonds. The van der Waals surface area contributed by atoms with Gasteiger partial charge in [0.1, 0.15) is 18.2 Å². The number of hydrogen-bond acceptors (Lipinski definition) is 6. The largest absolute Gasteiger partial charge is 0.492 e. The minimum absolute atomic E-state index is 0.223. The number of pyridine rings is 1. The van der Waals surface area contributed by atoms with E-state index in [1.54, 1.807) is 24.3 Å². The van der Waals surface area contributed by atoms with E-state index in [0.29, 0.717) is 34.0 Å². The molecule has 3 N–H and O–H groups in total. The molecule has 0 radical (unpaired) electrons. The smallest absolute Gasteiger partial charge is 0.336 e. The normalized spacial score (nSPS) is 14.8. The van der Waals surface area contributed by atoms with Crippen LogP contribution in [0.2, 0.25) is 5.02 Å². The summed E-state index contributed by atoms with van der Waals surface area (Å²) in [6, 6.07) is 14.2. The first kappa shape index (κ1) is 20.3. The number of aromatic carboxylic acids is 1. The molecule has 1 aliphatic heterocycles. The first-order valence-corrected chi connectivity index (χ1v) is 10.2. The van der Waals surface area contributed by atoms with Crippen LogP contribution in [-0.2, 0) is 0 Å². The molecule has 4 rings (SSSR count). The fourth-order valence-electron chi connectivity index (χ4n) is 3.59. The van der Waals surface area contributed by atoms with Crippen molar-refractivity contribution in [2.24, 2.45) is 0 Å². The van der Waals surface area contributed by atoms with Gasteiger partial charge in [-0.25, -0.2) is 9.78 Å². The maximum Gasteiger partial charge on any atom is 0.336 e. The van der Waals surface area contributed by atoms with E-state index in [1.807, 2.05) is 24.3 Å². The zero-order valence-electron chi connectivity index (χ0n) is 16.4. The maximum absolute atomic E-state index is 11.8. The Labute approximate surface area is 179 Å². The van der Waals surface area contributed by atoms with Crippen LogP contribution in [0.1, 0.15) is 10.4 Å². The molecular formula is C22H23ClN4O3. The lowest BCUT2D eigenvalue weighted by Gasteiger charge is -2.35. The first-order chi connectivity index (χ1) is 14.5. The minimum atomic E-state index is -0.979. The van der Waals surface area contributed by atoms with E-state index in [2.05, 4.69) is 14.8 Å². The number of carbonyl (C=O) groups is 1. The molecule has 2 aromatic carbocycles. The van der Waals surface area contributed by atoms with Crippen molar-refractivity contribution in [2.75, 3.05) is 50.0 Å². The molecule has 1 saturated heterocycles. The summed E-state index contributed by atoms with van der Waals surface area (Å²) in [4.78, 5) is 20.9. The number of carboxylic acid groups (broad SMARTS) is 1. The van der Waals surface area contributed by atoms with Crippen molar-refractivity contribution in [1.29, 1.82) is 0 Å². The molecule has 0 unspecified atom stereocenters. The summed E-state index contributed by atoms with van der Waals surface area (Å²) in [7, 11) is 0. The van der Waals surface area contributed by atoms with Gasteiger partial charge in [-0.15, -0.1) is 0 Å². The standard InChI is InChI=1S/C22H23ClN4O3/c23-15-1-4-17(5-2-15)30-12-11-26-7-9-27(10-8-26)21-14-19(22(28)29)18-13-16(24)3-6-20(18)25-21/h1-6,13-14H,7-12,24H2,(H,28,29). The number of nitrogens with zero attached hydrogens (tertiary/aromatic N) is 3. The highest BCUT2D eigenvalue weighted by Gasteiger charge is 2.20. The Morgan fingerprint density at radius 1 is 1.10 bits per heavy atom. The lowest BCUT2D eigenvalue weighted by molar-refractivity contribution is 0.0699. The van der Waals surface area contributed by atoms with E-state index in [-0.39, 0.29) is 5.56 Å². The summed E-state index contributed by atoms with van der Waals surface area (Å²) in [5.74, 6) is 0.509. The van der Waals surface area contributed by atoms with E-state index in [0.717, 1.165) is 38.5 Å². The van der Waals surface area contributed by atoms with Gasteiger partial charge >= 0.3 is 5.97 Å². The summed E-state index contributed by atoms with van der Waals surface area (Å²) < 4.78 is 5.77. The third kappa shape index (κ3) is 4.58. The number of fused-ring (bicyclic) bond motifs is 1. The topological polar surface area (TPSA) is 91.9 Å². The molecule has 0 saturated carbocycles. The molecule has 30 heavy (non-hydrogen) atoms. The molecule has 3 aromatic rings. The fraction of sp³-hybridized carbons (Fsp3) is 0.273. The van der Waals surface area contributed by atoms with E-state index in [1.165, 1.54) is 0 Å². The molecule has 7 nitrogen and oxygen atoms in total. The van der Waals surface area contributed by atoms with Gasteiger partial charge < -0.3 is 20.5 Å². The molecule has 1 aromatic heterocycles. The minimum Gasteiger partial charge on any atom is -0.492 e. The highest BCUT2D eigenvalue weighted by atomic mass is 35.5. The van der Waals surface area contributed by atoms with E-state index in [9.17, 15) is 9.90 Å². The van der Waals surface area contributed by atoms with Crippen LogP contribution < -0.4 is 15.4 Å². The van der Waals surface area contributed by atoms with Gasteiger partial charge in [0.25, 0.3) is 0 Å². The summed E-state index contributed by atoms with van der Waals surface area (Å²) in [6.07, 6.45) is 0. The predicted molar refractivity (Wildman–Crippen MR) is 119 cm³/mol. The molecule has 1 fully saturated rings. The van der Waals surface area contributed by atoms with Gasteiger partial charge in [0.15, 0.2) is 0 Å². The first-order valence-electron chi connectivity index (χ1n) is 9.79. The van der Waals surface area contributed by atoms with Crippen LogP contribution in [0, 0.1) is 0 Å². The third-order valence-electron chi connectivity index (χ3n) is 5.24. The number of piperazine rings is 1. The second kappa shape index (κ2) is 8.77. The number of rotatable bonds is 6. The fourth-order valence-corrected chi connectivity index (χ4v) is 3.72. The summed E-state index contributed by atoms with van der Waals surface area (Å²) >= 11 is 5.89. The van der Waals surface area contributed by atoms with Crippen molar-refractivity contribution in [3.05, 3.63) is 59.1 Å². The van der Waals surface area contributed by atoms with Crippen LogP contribution in [0.5, 0.6) is 5.75 Å². The molecule has 2 heterocycles. The number of anilines is 2. The Morgan fingerprint density at radius 2 is 1.83 bits per heavy atom. The number of ether oxygens (including phenoxy) is 1. The van der Waals surface area contributed by atoms with Crippen LogP contribution in [0.15, 0.2) is 48.5 Å². The van der Waals surface area contributed by atoms with E-state index < -0.39 is 5.97 Å². The van der Waals surface area contributed by atoms with Crippen molar-refractivity contribution in [3.8, 4) is 5.75 Å². The van der Waals surface area contributed by atoms with Gasteiger partial charge in [-0.1, -0.05) is 11.6 Å². The number of nitrogen functional groups attached to an aromatic ring is 1. The zero-order valence-corrected chi connectivity index (χ0v) is 17.2. The lowest BCUT2D eigenvalue weighted by Crippen LogP contribution is -2.47. The molecule has 0 bridgehead atoms. The molecule has 0 atom stereocenters. The molecular weight excluding hydrogens is 404 g/mol. The molecule has 8 heteroatoms. The van der Waals surface area contributed by atoms with Crippen LogP contribution >= 0.6 is 11.6 Å². The number of nitrogens with two attached hydrogens (primary N) is 1. The molecule has 156 valence electrons. The lowest BCUT2D eigenvalue weighted by atomic mass is 10.1. The van der Waals surface area contributed by atoms with Crippen LogP contribution in [0.25, 0.3) is 10.9 Å². The Balaban J connectivity index is 1.37. The highest BCUT2D eigenvalue weighted by Crippen LogP contribution is 2.26. The van der Waals surface area contributed by atoms with Crippen molar-refractivity contribution < 1.29 is 14.6 Å². The summed E-state index contributed by atoms with van der Waals surface area (Å²) in [6.45, 7) is 4.67. The number of hydrogen-bond donors (Lipinski definition) is 2. The average Bonchev–Trinajstić information content (AvgIpc) is 2.75. The number of carboxylic acids is 1. The number of halogens is 1. The van der Waals surface area contributed by atoms with Crippen LogP contribution in [0.4, 0.5) is 11.5 Å². The Kier molecular flexibility index (Phi) is 5.92. The van der Waals surface area contributed by atoms with E-state index >= 15 is 0 Å². The zero-order chi connectivity index (χ0) is 21.1.